The number of methoxy groups -OCH3 is 1. The van der Waals surface area contributed by atoms with Crippen LogP contribution in [0.2, 0.25) is 0 Å². The van der Waals surface area contributed by atoms with Crippen LogP contribution < -0.4 is 9.47 Å². The van der Waals surface area contributed by atoms with Crippen molar-refractivity contribution in [3.63, 3.8) is 0 Å². The SMILES string of the molecule is C/C=C/c1ccc(OC[C@H](O)CN2CCN(C)CC2)c(OC)c1. The molecule has 0 unspecified atom stereocenters. The van der Waals surface area contributed by atoms with E-state index in [1.807, 2.05) is 37.3 Å². The average Bonchev–Trinajstić information content (AvgIpc) is 2.56. The van der Waals surface area contributed by atoms with Crippen LogP contribution in [0.5, 0.6) is 11.5 Å². The van der Waals surface area contributed by atoms with Gasteiger partial charge in [-0.2, -0.15) is 0 Å². The number of likely N-dealkylation sites (N-methyl/N-ethyl adjacent to an activating group) is 1. The van der Waals surface area contributed by atoms with Gasteiger partial charge in [0.15, 0.2) is 11.5 Å². The molecule has 23 heavy (non-hydrogen) atoms. The number of hydrogen-bond acceptors (Lipinski definition) is 5. The van der Waals surface area contributed by atoms with Crippen LogP contribution in [0.3, 0.4) is 0 Å². The van der Waals surface area contributed by atoms with Crippen molar-refractivity contribution < 1.29 is 14.6 Å². The summed E-state index contributed by atoms with van der Waals surface area (Å²) in [6.45, 7) is 6.98. The van der Waals surface area contributed by atoms with Crippen LogP contribution in [-0.2, 0) is 0 Å². The summed E-state index contributed by atoms with van der Waals surface area (Å²) in [6, 6.07) is 5.80. The second-order valence-electron chi connectivity index (χ2n) is 5.98. The molecular weight excluding hydrogens is 292 g/mol. The smallest absolute Gasteiger partial charge is 0.161 e. The number of allylic oxidation sites excluding steroid dienone is 1. The summed E-state index contributed by atoms with van der Waals surface area (Å²) < 4.78 is 11.1. The van der Waals surface area contributed by atoms with Gasteiger partial charge in [-0.15, -0.1) is 0 Å². The number of aliphatic hydroxyl groups excluding tert-OH is 1. The number of ether oxygens (including phenoxy) is 2. The Kier molecular flexibility index (Phi) is 6.89. The number of piperazine rings is 1. The zero-order chi connectivity index (χ0) is 16.7. The molecule has 1 N–H and O–H groups in total. The van der Waals surface area contributed by atoms with Crippen LogP contribution in [-0.4, -0.2) is 74.5 Å². The molecular formula is C18H28N2O3. The third kappa shape index (κ3) is 5.53. The summed E-state index contributed by atoms with van der Waals surface area (Å²) >= 11 is 0. The van der Waals surface area contributed by atoms with Gasteiger partial charge in [-0.05, 0) is 31.7 Å². The first-order chi connectivity index (χ1) is 11.1. The summed E-state index contributed by atoms with van der Waals surface area (Å²) in [5.41, 5.74) is 1.06. The van der Waals surface area contributed by atoms with E-state index in [2.05, 4.69) is 16.8 Å². The van der Waals surface area contributed by atoms with Gasteiger partial charge >= 0.3 is 0 Å². The van der Waals surface area contributed by atoms with E-state index in [0.29, 0.717) is 18.0 Å². The summed E-state index contributed by atoms with van der Waals surface area (Å²) in [6.07, 6.45) is 3.49. The van der Waals surface area contributed by atoms with Gasteiger partial charge in [0.1, 0.15) is 12.7 Å². The van der Waals surface area contributed by atoms with Crippen molar-refractivity contribution in [2.45, 2.75) is 13.0 Å². The van der Waals surface area contributed by atoms with E-state index in [1.54, 1.807) is 7.11 Å². The van der Waals surface area contributed by atoms with Crippen LogP contribution in [0.15, 0.2) is 24.3 Å². The lowest BCUT2D eigenvalue weighted by Crippen LogP contribution is -2.47. The highest BCUT2D eigenvalue weighted by Crippen LogP contribution is 2.28. The molecule has 1 atom stereocenters. The van der Waals surface area contributed by atoms with Crippen molar-refractivity contribution in [2.24, 2.45) is 0 Å². The van der Waals surface area contributed by atoms with Gasteiger partial charge in [0, 0.05) is 32.7 Å². The molecule has 1 heterocycles. The highest BCUT2D eigenvalue weighted by Gasteiger charge is 2.17. The minimum absolute atomic E-state index is 0.270. The minimum Gasteiger partial charge on any atom is -0.493 e. The molecule has 1 saturated heterocycles. The molecule has 1 fully saturated rings. The summed E-state index contributed by atoms with van der Waals surface area (Å²) in [4.78, 5) is 4.58. The molecule has 5 heteroatoms. The second kappa shape index (κ2) is 8.91. The molecule has 1 aliphatic heterocycles. The van der Waals surface area contributed by atoms with E-state index in [1.165, 1.54) is 0 Å². The van der Waals surface area contributed by atoms with E-state index < -0.39 is 6.10 Å². The van der Waals surface area contributed by atoms with Crippen molar-refractivity contribution in [3.8, 4) is 11.5 Å². The molecule has 0 saturated carbocycles. The number of benzene rings is 1. The standard InChI is InChI=1S/C18H28N2O3/c1-4-5-15-6-7-17(18(12-15)22-3)23-14-16(21)13-20-10-8-19(2)9-11-20/h4-7,12,16,21H,8-11,13-14H2,1-3H3/b5-4+/t16-/m1/s1. The molecule has 0 aliphatic carbocycles. The predicted octanol–water partition coefficient (Wildman–Crippen LogP) is 1.72. The van der Waals surface area contributed by atoms with Crippen LogP contribution in [0.4, 0.5) is 0 Å². The van der Waals surface area contributed by atoms with E-state index in [4.69, 9.17) is 9.47 Å². The molecule has 0 aromatic heterocycles. The van der Waals surface area contributed by atoms with Crippen molar-refractivity contribution in [3.05, 3.63) is 29.8 Å². The zero-order valence-corrected chi connectivity index (χ0v) is 14.4. The number of hydrogen-bond donors (Lipinski definition) is 1. The maximum atomic E-state index is 10.2. The molecule has 2 rings (SSSR count). The molecule has 0 amide bonds. The Bertz CT molecular complexity index is 511. The van der Waals surface area contributed by atoms with Crippen LogP contribution in [0.25, 0.3) is 6.08 Å². The fourth-order valence-corrected chi connectivity index (χ4v) is 2.67. The maximum Gasteiger partial charge on any atom is 0.161 e. The summed E-state index contributed by atoms with van der Waals surface area (Å²) in [7, 11) is 3.75. The number of aliphatic hydroxyl groups is 1. The number of β-amino-alcohol motifs (C(OH)–C–C–N with tert-alkyl or cyclic N) is 1. The van der Waals surface area contributed by atoms with E-state index in [9.17, 15) is 5.11 Å². The summed E-state index contributed by atoms with van der Waals surface area (Å²) in [5.74, 6) is 1.35. The first-order valence-corrected chi connectivity index (χ1v) is 8.15. The highest BCUT2D eigenvalue weighted by atomic mass is 16.5. The molecule has 0 spiro atoms. The average molecular weight is 320 g/mol. The van der Waals surface area contributed by atoms with Gasteiger partial charge in [-0.1, -0.05) is 18.2 Å². The molecule has 0 radical (unpaired) electrons. The lowest BCUT2D eigenvalue weighted by Gasteiger charge is -2.33. The van der Waals surface area contributed by atoms with Crippen LogP contribution in [0, 0.1) is 0 Å². The lowest BCUT2D eigenvalue weighted by atomic mass is 10.2. The third-order valence-corrected chi connectivity index (χ3v) is 4.04. The number of rotatable bonds is 7. The first kappa shape index (κ1) is 17.8. The van der Waals surface area contributed by atoms with E-state index in [-0.39, 0.29) is 6.61 Å². The Labute approximate surface area is 139 Å². The Morgan fingerprint density at radius 3 is 2.61 bits per heavy atom. The van der Waals surface area contributed by atoms with E-state index >= 15 is 0 Å². The van der Waals surface area contributed by atoms with Crippen molar-refractivity contribution >= 4 is 6.08 Å². The minimum atomic E-state index is -0.502. The molecule has 1 aromatic carbocycles. The Morgan fingerprint density at radius 1 is 1.22 bits per heavy atom. The van der Waals surface area contributed by atoms with Gasteiger partial charge in [0.2, 0.25) is 0 Å². The monoisotopic (exact) mass is 320 g/mol. The fraction of sp³-hybridized carbons (Fsp3) is 0.556. The van der Waals surface area contributed by atoms with Gasteiger partial charge < -0.3 is 19.5 Å². The van der Waals surface area contributed by atoms with Gasteiger partial charge in [0.25, 0.3) is 0 Å². The van der Waals surface area contributed by atoms with Crippen molar-refractivity contribution in [1.82, 2.24) is 9.80 Å². The topological polar surface area (TPSA) is 45.2 Å². The van der Waals surface area contributed by atoms with E-state index in [0.717, 1.165) is 31.7 Å². The largest absolute Gasteiger partial charge is 0.493 e. The van der Waals surface area contributed by atoms with Gasteiger partial charge in [0.05, 0.1) is 7.11 Å². The predicted molar refractivity (Wildman–Crippen MR) is 93.1 cm³/mol. The van der Waals surface area contributed by atoms with Crippen molar-refractivity contribution in [1.29, 1.82) is 0 Å². The molecule has 1 aromatic rings. The lowest BCUT2D eigenvalue weighted by molar-refractivity contribution is 0.0498. The zero-order valence-electron chi connectivity index (χ0n) is 14.4. The Morgan fingerprint density at radius 2 is 1.96 bits per heavy atom. The Balaban J connectivity index is 1.84. The summed E-state index contributed by atoms with van der Waals surface area (Å²) in [5, 5.41) is 10.2. The van der Waals surface area contributed by atoms with Crippen molar-refractivity contribution in [2.75, 3.05) is 53.5 Å². The second-order valence-corrected chi connectivity index (χ2v) is 5.98. The highest BCUT2D eigenvalue weighted by molar-refractivity contribution is 5.55. The fourth-order valence-electron chi connectivity index (χ4n) is 2.67. The molecule has 1 aliphatic rings. The van der Waals surface area contributed by atoms with Crippen LogP contribution >= 0.6 is 0 Å². The third-order valence-electron chi connectivity index (χ3n) is 4.04. The first-order valence-electron chi connectivity index (χ1n) is 8.15. The van der Waals surface area contributed by atoms with Crippen LogP contribution in [0.1, 0.15) is 12.5 Å². The normalized spacial score (nSPS) is 18.3. The Hall–Kier alpha value is -1.56. The molecule has 0 bridgehead atoms. The maximum absolute atomic E-state index is 10.2. The number of nitrogens with zero attached hydrogens (tertiary/aromatic N) is 2. The quantitative estimate of drug-likeness (QED) is 0.829. The van der Waals surface area contributed by atoms with Gasteiger partial charge in [-0.25, -0.2) is 0 Å². The van der Waals surface area contributed by atoms with Gasteiger partial charge in [-0.3, -0.25) is 4.90 Å². The molecule has 5 nitrogen and oxygen atoms in total. The molecule has 128 valence electrons.